The van der Waals surface area contributed by atoms with Gasteiger partial charge in [0.05, 0.1) is 21.2 Å². The van der Waals surface area contributed by atoms with Gasteiger partial charge in [-0.05, 0) is 62.1 Å². The summed E-state index contributed by atoms with van der Waals surface area (Å²) in [6.07, 6.45) is 5.30. The van der Waals surface area contributed by atoms with Gasteiger partial charge in [-0.3, -0.25) is 4.79 Å². The molecule has 1 N–H and O–H groups in total. The Morgan fingerprint density at radius 3 is 2.35 bits per heavy atom. The van der Waals surface area contributed by atoms with Gasteiger partial charge in [-0.25, -0.2) is 4.79 Å². The third-order valence-corrected chi connectivity index (χ3v) is 5.22. The number of nitrogens with one attached hydrogen (secondary N) is 1. The molecule has 1 fully saturated rings. The van der Waals surface area contributed by atoms with E-state index in [9.17, 15) is 9.59 Å². The minimum absolute atomic E-state index is 0.0144. The molecule has 0 spiro atoms. The van der Waals surface area contributed by atoms with E-state index >= 15 is 0 Å². The molecule has 1 amide bonds. The van der Waals surface area contributed by atoms with E-state index in [0.29, 0.717) is 21.8 Å². The Morgan fingerprint density at radius 1 is 0.962 bits per heavy atom. The second-order valence-electron chi connectivity index (χ2n) is 6.30. The van der Waals surface area contributed by atoms with E-state index in [1.54, 1.807) is 42.5 Å². The van der Waals surface area contributed by atoms with Crippen LogP contribution in [0.5, 0.6) is 0 Å². The molecule has 0 unspecified atom stereocenters. The monoisotopic (exact) mass is 391 g/mol. The Kier molecular flexibility index (Phi) is 6.17. The topological polar surface area (TPSA) is 55.4 Å². The Morgan fingerprint density at radius 2 is 1.65 bits per heavy atom. The molecular weight excluding hydrogens is 373 g/mol. The molecule has 0 radical (unpaired) electrons. The Balaban J connectivity index is 1.63. The number of hydrogen-bond donors (Lipinski definition) is 1. The average molecular weight is 392 g/mol. The molecule has 1 saturated carbocycles. The fourth-order valence-electron chi connectivity index (χ4n) is 2.97. The minimum atomic E-state index is -0.366. The summed E-state index contributed by atoms with van der Waals surface area (Å²) < 4.78 is 5.54. The maximum absolute atomic E-state index is 12.3. The normalized spacial score (nSPS) is 14.7. The number of rotatable bonds is 4. The molecule has 3 rings (SSSR count). The second-order valence-corrected chi connectivity index (χ2v) is 7.08. The molecule has 2 aromatic rings. The van der Waals surface area contributed by atoms with Crippen LogP contribution in [0, 0.1) is 0 Å². The molecular formula is C20H19Cl2NO3. The lowest BCUT2D eigenvalue weighted by Crippen LogP contribution is -2.21. The zero-order valence-electron chi connectivity index (χ0n) is 14.1. The van der Waals surface area contributed by atoms with Crippen molar-refractivity contribution in [1.29, 1.82) is 0 Å². The first-order valence-corrected chi connectivity index (χ1v) is 9.36. The van der Waals surface area contributed by atoms with Crippen molar-refractivity contribution in [3.8, 4) is 0 Å². The highest BCUT2D eigenvalue weighted by molar-refractivity contribution is 6.44. The molecule has 136 valence electrons. The van der Waals surface area contributed by atoms with Gasteiger partial charge in [0.15, 0.2) is 0 Å². The van der Waals surface area contributed by atoms with Crippen molar-refractivity contribution in [2.45, 2.75) is 38.2 Å². The lowest BCUT2D eigenvalue weighted by molar-refractivity contribution is 0.0211. The van der Waals surface area contributed by atoms with Crippen molar-refractivity contribution >= 4 is 40.8 Å². The molecule has 6 heteroatoms. The van der Waals surface area contributed by atoms with Crippen molar-refractivity contribution in [2.75, 3.05) is 5.32 Å². The van der Waals surface area contributed by atoms with E-state index in [1.807, 2.05) is 0 Å². The summed E-state index contributed by atoms with van der Waals surface area (Å²) in [4.78, 5) is 24.5. The highest BCUT2D eigenvalue weighted by Crippen LogP contribution is 2.26. The van der Waals surface area contributed by atoms with Crippen molar-refractivity contribution in [2.24, 2.45) is 0 Å². The number of amides is 1. The average Bonchev–Trinajstić information content (AvgIpc) is 2.65. The quantitative estimate of drug-likeness (QED) is 0.676. The Labute approximate surface area is 162 Å². The SMILES string of the molecule is O=C(OC1CCCCC1)c1ccc(NC(=O)c2cccc(Cl)c2Cl)cc1. The van der Waals surface area contributed by atoms with E-state index in [1.165, 1.54) is 6.42 Å². The first-order chi connectivity index (χ1) is 12.5. The van der Waals surface area contributed by atoms with Crippen LogP contribution in [0.25, 0.3) is 0 Å². The fourth-order valence-corrected chi connectivity index (χ4v) is 3.36. The summed E-state index contributed by atoms with van der Waals surface area (Å²) in [6.45, 7) is 0. The summed E-state index contributed by atoms with van der Waals surface area (Å²) in [7, 11) is 0. The maximum Gasteiger partial charge on any atom is 0.338 e. The highest BCUT2D eigenvalue weighted by Gasteiger charge is 2.19. The Bertz CT molecular complexity index is 799. The molecule has 1 aliphatic rings. The first kappa shape index (κ1) is 18.7. The van der Waals surface area contributed by atoms with Gasteiger partial charge in [-0.15, -0.1) is 0 Å². The third-order valence-electron chi connectivity index (χ3n) is 4.40. The maximum atomic E-state index is 12.3. The van der Waals surface area contributed by atoms with Gasteiger partial charge in [0.2, 0.25) is 0 Å². The van der Waals surface area contributed by atoms with Gasteiger partial charge >= 0.3 is 5.97 Å². The molecule has 2 aromatic carbocycles. The number of anilines is 1. The predicted octanol–water partition coefficient (Wildman–Crippen LogP) is 5.74. The van der Waals surface area contributed by atoms with Gasteiger partial charge in [0, 0.05) is 5.69 Å². The second kappa shape index (κ2) is 8.56. The molecule has 1 aliphatic carbocycles. The predicted molar refractivity (Wildman–Crippen MR) is 103 cm³/mol. The summed E-state index contributed by atoms with van der Waals surface area (Å²) >= 11 is 12.0. The molecule has 0 bridgehead atoms. The van der Waals surface area contributed by atoms with E-state index in [2.05, 4.69) is 5.32 Å². The Hall–Kier alpha value is -2.04. The number of halogens is 2. The summed E-state index contributed by atoms with van der Waals surface area (Å²) in [6, 6.07) is 11.5. The van der Waals surface area contributed by atoms with Gasteiger partial charge < -0.3 is 10.1 Å². The number of hydrogen-bond acceptors (Lipinski definition) is 3. The third kappa shape index (κ3) is 4.57. The molecule has 4 nitrogen and oxygen atoms in total. The molecule has 0 saturated heterocycles. The van der Waals surface area contributed by atoms with E-state index < -0.39 is 0 Å². The van der Waals surface area contributed by atoms with Crippen molar-refractivity contribution < 1.29 is 14.3 Å². The van der Waals surface area contributed by atoms with Crippen LogP contribution < -0.4 is 5.32 Å². The van der Waals surface area contributed by atoms with Crippen LogP contribution >= 0.6 is 23.2 Å². The van der Waals surface area contributed by atoms with Gasteiger partial charge in [0.1, 0.15) is 6.10 Å². The standard InChI is InChI=1S/C20H19Cl2NO3/c21-17-8-4-7-16(18(17)22)19(24)23-14-11-9-13(10-12-14)20(25)26-15-5-2-1-3-6-15/h4,7-12,15H,1-3,5-6H2,(H,23,24). The number of carbonyl (C=O) groups excluding carboxylic acids is 2. The van der Waals surface area contributed by atoms with Gasteiger partial charge in [-0.2, -0.15) is 0 Å². The summed E-state index contributed by atoms with van der Waals surface area (Å²) in [5.41, 5.74) is 1.31. The number of esters is 1. The smallest absolute Gasteiger partial charge is 0.338 e. The van der Waals surface area contributed by atoms with Crippen LogP contribution in [-0.2, 0) is 4.74 Å². The van der Waals surface area contributed by atoms with Crippen LogP contribution in [0.2, 0.25) is 10.0 Å². The van der Waals surface area contributed by atoms with Crippen LogP contribution in [0.1, 0.15) is 52.8 Å². The minimum Gasteiger partial charge on any atom is -0.459 e. The number of ether oxygens (including phenoxy) is 1. The van der Waals surface area contributed by atoms with Crippen LogP contribution in [0.15, 0.2) is 42.5 Å². The zero-order chi connectivity index (χ0) is 18.5. The van der Waals surface area contributed by atoms with E-state index in [0.717, 1.165) is 25.7 Å². The van der Waals surface area contributed by atoms with Crippen molar-refractivity contribution in [3.63, 3.8) is 0 Å². The van der Waals surface area contributed by atoms with Crippen molar-refractivity contribution in [3.05, 3.63) is 63.6 Å². The van der Waals surface area contributed by atoms with Gasteiger partial charge in [-0.1, -0.05) is 35.7 Å². The molecule has 0 aliphatic heterocycles. The highest BCUT2D eigenvalue weighted by atomic mass is 35.5. The summed E-state index contributed by atoms with van der Waals surface area (Å²) in [5, 5.41) is 3.27. The molecule has 0 aromatic heterocycles. The molecule has 26 heavy (non-hydrogen) atoms. The largest absolute Gasteiger partial charge is 0.459 e. The zero-order valence-corrected chi connectivity index (χ0v) is 15.6. The van der Waals surface area contributed by atoms with E-state index in [4.69, 9.17) is 27.9 Å². The van der Waals surface area contributed by atoms with E-state index in [-0.39, 0.29) is 23.0 Å². The first-order valence-electron chi connectivity index (χ1n) is 8.61. The fraction of sp³-hybridized carbons (Fsp3) is 0.300. The lowest BCUT2D eigenvalue weighted by atomic mass is 9.98. The number of benzene rings is 2. The lowest BCUT2D eigenvalue weighted by Gasteiger charge is -2.21. The van der Waals surface area contributed by atoms with Crippen molar-refractivity contribution in [1.82, 2.24) is 0 Å². The van der Waals surface area contributed by atoms with Crippen LogP contribution in [0.3, 0.4) is 0 Å². The van der Waals surface area contributed by atoms with Crippen LogP contribution in [-0.4, -0.2) is 18.0 Å². The summed E-state index contributed by atoms with van der Waals surface area (Å²) in [5.74, 6) is -0.692. The van der Waals surface area contributed by atoms with Gasteiger partial charge in [0.25, 0.3) is 5.91 Å². The van der Waals surface area contributed by atoms with Crippen LogP contribution in [0.4, 0.5) is 5.69 Å². The molecule has 0 atom stereocenters. The molecule has 0 heterocycles. The number of carbonyl (C=O) groups is 2.